The van der Waals surface area contributed by atoms with Gasteiger partial charge in [-0.1, -0.05) is 11.8 Å². The average molecular weight is 325 g/mol. The molecule has 0 aliphatic heterocycles. The molecule has 0 radical (unpaired) electrons. The quantitative estimate of drug-likeness (QED) is 0.650. The van der Waals surface area contributed by atoms with Gasteiger partial charge < -0.3 is 5.11 Å². The summed E-state index contributed by atoms with van der Waals surface area (Å²) < 4.78 is 74.0. The van der Waals surface area contributed by atoms with E-state index in [2.05, 4.69) is 11.8 Å². The van der Waals surface area contributed by atoms with Crippen molar-refractivity contribution in [3.63, 3.8) is 0 Å². The molecule has 0 amide bonds. The number of alkyl halides is 3. The van der Waals surface area contributed by atoms with Gasteiger partial charge in [0.25, 0.3) is 0 Å². The van der Waals surface area contributed by atoms with E-state index in [1.807, 2.05) is 0 Å². The number of hydrogen-bond acceptors (Lipinski definition) is 3. The van der Waals surface area contributed by atoms with Crippen LogP contribution in [0.2, 0.25) is 0 Å². The number of halogens is 4. The van der Waals surface area contributed by atoms with Crippen LogP contribution < -0.4 is 4.72 Å². The average Bonchev–Trinajstić information content (AvgIpc) is 2.36. The highest BCUT2D eigenvalue weighted by atomic mass is 32.2. The van der Waals surface area contributed by atoms with Crippen molar-refractivity contribution in [3.05, 3.63) is 29.6 Å². The molecule has 1 aromatic rings. The van der Waals surface area contributed by atoms with Crippen molar-refractivity contribution in [3.8, 4) is 11.8 Å². The first-order valence-corrected chi connectivity index (χ1v) is 7.10. The fraction of sp³-hybridized carbons (Fsp3) is 0.333. The summed E-state index contributed by atoms with van der Waals surface area (Å²) in [4.78, 5) is -0.889. The molecule has 0 unspecified atom stereocenters. The van der Waals surface area contributed by atoms with Gasteiger partial charge in [-0.3, -0.25) is 0 Å². The molecule has 0 fully saturated rings. The number of hydrogen-bond donors (Lipinski definition) is 2. The predicted octanol–water partition coefficient (Wildman–Crippen LogP) is 1.40. The van der Waals surface area contributed by atoms with Crippen molar-refractivity contribution in [1.29, 1.82) is 0 Å². The zero-order chi connectivity index (χ0) is 16.1. The van der Waals surface area contributed by atoms with E-state index >= 15 is 0 Å². The van der Waals surface area contributed by atoms with Gasteiger partial charge >= 0.3 is 6.18 Å². The molecule has 9 heteroatoms. The zero-order valence-corrected chi connectivity index (χ0v) is 11.4. The van der Waals surface area contributed by atoms with Crippen LogP contribution in [0.4, 0.5) is 17.6 Å². The van der Waals surface area contributed by atoms with E-state index < -0.39 is 33.5 Å². The minimum absolute atomic E-state index is 0.149. The van der Waals surface area contributed by atoms with Gasteiger partial charge in [-0.15, -0.1) is 0 Å². The fourth-order valence-electron chi connectivity index (χ4n) is 1.27. The molecule has 1 rings (SSSR count). The summed E-state index contributed by atoms with van der Waals surface area (Å²) in [6.07, 6.45) is -4.58. The van der Waals surface area contributed by atoms with Crippen molar-refractivity contribution < 1.29 is 31.1 Å². The van der Waals surface area contributed by atoms with Crippen LogP contribution in [0.25, 0.3) is 0 Å². The second-order valence-electron chi connectivity index (χ2n) is 3.86. The summed E-state index contributed by atoms with van der Waals surface area (Å²) in [7, 11) is -4.60. The molecular formula is C12H11F4NO3S. The third-order valence-electron chi connectivity index (χ3n) is 2.15. The molecule has 4 nitrogen and oxygen atoms in total. The molecule has 0 aliphatic carbocycles. The van der Waals surface area contributed by atoms with Gasteiger partial charge in [0.15, 0.2) is 0 Å². The summed E-state index contributed by atoms with van der Waals surface area (Å²) in [5.74, 6) is 3.77. The molecule has 0 spiro atoms. The van der Waals surface area contributed by atoms with Gasteiger partial charge in [0.1, 0.15) is 17.3 Å². The smallest absolute Gasteiger partial charge is 0.395 e. The van der Waals surface area contributed by atoms with Crippen LogP contribution in [-0.4, -0.2) is 32.9 Å². The SMILES string of the molecule is O=S(=O)(NCC(F)(F)F)c1ccc(C#CCCO)cc1F. The predicted molar refractivity (Wildman–Crippen MR) is 66.2 cm³/mol. The molecule has 0 aliphatic rings. The molecule has 0 aromatic heterocycles. The number of sulfonamides is 1. The number of aliphatic hydroxyl groups is 1. The lowest BCUT2D eigenvalue weighted by Crippen LogP contribution is -2.34. The topological polar surface area (TPSA) is 66.4 Å². The van der Waals surface area contributed by atoms with E-state index in [1.165, 1.54) is 4.72 Å². The number of benzene rings is 1. The molecule has 2 N–H and O–H groups in total. The summed E-state index contributed by atoms with van der Waals surface area (Å²) in [5.41, 5.74) is 0.149. The Hall–Kier alpha value is -1.63. The van der Waals surface area contributed by atoms with Gasteiger partial charge in [0.2, 0.25) is 10.0 Å². The van der Waals surface area contributed by atoms with Crippen LogP contribution in [0.3, 0.4) is 0 Å². The third-order valence-corrected chi connectivity index (χ3v) is 3.59. The second kappa shape index (κ2) is 6.89. The monoisotopic (exact) mass is 325 g/mol. The van der Waals surface area contributed by atoms with Crippen LogP contribution in [0.5, 0.6) is 0 Å². The minimum Gasteiger partial charge on any atom is -0.395 e. The second-order valence-corrected chi connectivity index (χ2v) is 5.60. The first kappa shape index (κ1) is 17.4. The van der Waals surface area contributed by atoms with E-state index in [0.29, 0.717) is 0 Å². The van der Waals surface area contributed by atoms with Crippen molar-refractivity contribution in [2.45, 2.75) is 17.5 Å². The van der Waals surface area contributed by atoms with Crippen molar-refractivity contribution in [2.75, 3.05) is 13.2 Å². The Bertz CT molecular complexity index is 659. The summed E-state index contributed by atoms with van der Waals surface area (Å²) in [6.45, 7) is -1.96. The van der Waals surface area contributed by atoms with Crippen LogP contribution in [0, 0.1) is 17.7 Å². The van der Waals surface area contributed by atoms with E-state index in [9.17, 15) is 26.0 Å². The molecule has 0 heterocycles. The van der Waals surface area contributed by atoms with Gasteiger partial charge in [-0.25, -0.2) is 17.5 Å². The van der Waals surface area contributed by atoms with Gasteiger partial charge in [-0.05, 0) is 18.2 Å². The lowest BCUT2D eigenvalue weighted by Gasteiger charge is -2.10. The van der Waals surface area contributed by atoms with Crippen LogP contribution in [0.15, 0.2) is 23.1 Å². The molecule has 0 atom stereocenters. The summed E-state index contributed by atoms with van der Waals surface area (Å²) >= 11 is 0. The van der Waals surface area contributed by atoms with Crippen LogP contribution in [-0.2, 0) is 10.0 Å². The summed E-state index contributed by atoms with van der Waals surface area (Å²) in [5, 5.41) is 8.52. The fourth-order valence-corrected chi connectivity index (χ4v) is 2.34. The normalized spacial score (nSPS) is 11.9. The van der Waals surface area contributed by atoms with Crippen molar-refractivity contribution >= 4 is 10.0 Å². The first-order valence-electron chi connectivity index (χ1n) is 5.61. The Morgan fingerprint density at radius 3 is 2.48 bits per heavy atom. The summed E-state index contributed by atoms with van der Waals surface area (Å²) in [6, 6.07) is 2.79. The molecule has 0 saturated carbocycles. The number of nitrogens with one attached hydrogen (secondary N) is 1. The third kappa shape index (κ3) is 5.71. The number of rotatable bonds is 4. The lowest BCUT2D eigenvalue weighted by molar-refractivity contribution is -0.121. The van der Waals surface area contributed by atoms with E-state index in [1.54, 1.807) is 0 Å². The Morgan fingerprint density at radius 2 is 1.95 bits per heavy atom. The molecule has 0 bridgehead atoms. The van der Waals surface area contributed by atoms with E-state index in [-0.39, 0.29) is 18.6 Å². The maximum absolute atomic E-state index is 13.7. The minimum atomic E-state index is -4.74. The first-order chi connectivity index (χ1) is 9.65. The largest absolute Gasteiger partial charge is 0.402 e. The highest BCUT2D eigenvalue weighted by molar-refractivity contribution is 7.89. The van der Waals surface area contributed by atoms with Crippen molar-refractivity contribution in [1.82, 2.24) is 4.72 Å². The van der Waals surface area contributed by atoms with Gasteiger partial charge in [-0.2, -0.15) is 13.2 Å². The molecule has 0 saturated heterocycles. The van der Waals surface area contributed by atoms with Gasteiger partial charge in [0, 0.05) is 12.0 Å². The zero-order valence-electron chi connectivity index (χ0n) is 10.5. The standard InChI is InChI=1S/C12H11F4NO3S/c13-10-7-9(3-1-2-6-18)4-5-11(10)21(19,20)17-8-12(14,15)16/h4-5,7,17-18H,2,6,8H2. The Morgan fingerprint density at radius 1 is 1.29 bits per heavy atom. The number of aliphatic hydroxyl groups excluding tert-OH is 1. The molecule has 1 aromatic carbocycles. The van der Waals surface area contributed by atoms with Crippen molar-refractivity contribution in [2.24, 2.45) is 0 Å². The maximum atomic E-state index is 13.7. The van der Waals surface area contributed by atoms with Crippen LogP contribution in [0.1, 0.15) is 12.0 Å². The van der Waals surface area contributed by atoms with E-state index in [0.717, 1.165) is 18.2 Å². The molecular weight excluding hydrogens is 314 g/mol. The maximum Gasteiger partial charge on any atom is 0.402 e. The van der Waals surface area contributed by atoms with Crippen LogP contribution >= 0.6 is 0 Å². The van der Waals surface area contributed by atoms with E-state index in [4.69, 9.17) is 5.11 Å². The highest BCUT2D eigenvalue weighted by Gasteiger charge is 2.30. The Labute approximate surface area is 118 Å². The Balaban J connectivity index is 2.97. The highest BCUT2D eigenvalue weighted by Crippen LogP contribution is 2.18. The molecule has 116 valence electrons. The Kier molecular flexibility index (Phi) is 5.71. The van der Waals surface area contributed by atoms with Gasteiger partial charge in [0.05, 0.1) is 6.61 Å². The molecule has 21 heavy (non-hydrogen) atoms. The lowest BCUT2D eigenvalue weighted by atomic mass is 10.2.